The van der Waals surface area contributed by atoms with Gasteiger partial charge in [-0.15, -0.1) is 5.53 Å². The maximum absolute atomic E-state index is 10.1. The van der Waals surface area contributed by atoms with Crippen LogP contribution in [0.2, 0.25) is 5.02 Å². The quantitative estimate of drug-likeness (QED) is 0.306. The van der Waals surface area contributed by atoms with E-state index in [2.05, 4.69) is 52.6 Å². The fourth-order valence-corrected chi connectivity index (χ4v) is 5.49. The van der Waals surface area contributed by atoms with Crippen molar-refractivity contribution in [2.45, 2.75) is 51.2 Å². The zero-order valence-electron chi connectivity index (χ0n) is 23.4. The van der Waals surface area contributed by atoms with Crippen LogP contribution in [0.15, 0.2) is 54.5 Å². The van der Waals surface area contributed by atoms with Crippen LogP contribution in [-0.2, 0) is 4.74 Å². The maximum Gasteiger partial charge on any atom is 0.103 e. The van der Waals surface area contributed by atoms with E-state index in [9.17, 15) is 11.9 Å². The number of aromatic nitrogens is 1. The number of hydrogen-bond acceptors (Lipinski definition) is 9. The van der Waals surface area contributed by atoms with Gasteiger partial charge in [-0.3, -0.25) is 9.99 Å². The van der Waals surface area contributed by atoms with Crippen LogP contribution >= 0.6 is 11.6 Å². The van der Waals surface area contributed by atoms with Crippen molar-refractivity contribution < 1.29 is 6.11 Å². The van der Waals surface area contributed by atoms with E-state index >= 15 is 0 Å². The van der Waals surface area contributed by atoms with E-state index in [0.29, 0.717) is 68.9 Å². The first-order valence-corrected chi connectivity index (χ1v) is 13.8. The molecule has 0 spiro atoms. The Morgan fingerprint density at radius 1 is 1.20 bits per heavy atom. The van der Waals surface area contributed by atoms with Crippen molar-refractivity contribution in [3.8, 4) is 12.1 Å². The Morgan fingerprint density at radius 3 is 2.73 bits per heavy atom. The smallest absolute Gasteiger partial charge is 0.103 e. The summed E-state index contributed by atoms with van der Waals surface area (Å²) >= 11 is 6.65. The number of nitrogens with one attached hydrogen (secondary N) is 4. The van der Waals surface area contributed by atoms with Gasteiger partial charge in [-0.2, -0.15) is 10.5 Å². The molecule has 4 N–H and O–H groups in total. The van der Waals surface area contributed by atoms with Gasteiger partial charge in [-0.25, -0.2) is 0 Å². The summed E-state index contributed by atoms with van der Waals surface area (Å²) in [6.45, 7) is 5.48. The van der Waals surface area contributed by atoms with Gasteiger partial charge in [0.25, 0.3) is 0 Å². The molecule has 40 heavy (non-hydrogen) atoms. The summed E-state index contributed by atoms with van der Waals surface area (Å²) in [6.07, 6.45) is 6.33. The molecule has 0 radical (unpaired) electrons. The average molecular weight is 556 g/mol. The number of ether oxygens (including phenoxy) is 1. The molecule has 3 aliphatic rings. The number of nitrogens with zero attached hydrogens (tertiary/aromatic N) is 4. The van der Waals surface area contributed by atoms with Gasteiger partial charge < -0.3 is 20.8 Å². The van der Waals surface area contributed by atoms with Crippen molar-refractivity contribution in [3.63, 3.8) is 0 Å². The molecule has 2 aromatic carbocycles. The van der Waals surface area contributed by atoms with Crippen LogP contribution in [0.4, 0.5) is 11.4 Å². The van der Waals surface area contributed by atoms with Gasteiger partial charge in [0.15, 0.2) is 0 Å². The minimum atomic E-state index is -1.54. The lowest BCUT2D eigenvalue weighted by Crippen LogP contribution is -2.44. The Bertz CT molecular complexity index is 1630. The minimum absolute atomic E-state index is 0.0433. The molecule has 2 aliphatic heterocycles. The molecule has 0 amide bonds. The van der Waals surface area contributed by atoms with Gasteiger partial charge in [0, 0.05) is 52.6 Å². The molecule has 6 rings (SSSR count). The van der Waals surface area contributed by atoms with E-state index < -0.39 is 6.02 Å². The van der Waals surface area contributed by atoms with Crippen molar-refractivity contribution in [1.82, 2.24) is 21.0 Å². The number of halogens is 1. The standard InChI is InChI=1S/C30H31ClN8O/c1-30(2)17-40-10-9-26(30)36-28-19(14-33)15-34-27-18(13-32)11-20(12-23(27)28)35-29(22-5-3-4-6-24(22)31)25-16-39(38-37-25)21-7-8-21/h3-6,11-12,15-16,21,26,29,35,37-38H,7-10,17H2,1-2H3,(H,34,36)/t26?,29-/m1/s1/i29D. The highest BCUT2D eigenvalue weighted by Gasteiger charge is 2.35. The molecule has 1 unspecified atom stereocenters. The van der Waals surface area contributed by atoms with Crippen LogP contribution in [0.3, 0.4) is 0 Å². The zero-order valence-corrected chi connectivity index (χ0v) is 23.1. The Kier molecular flexibility index (Phi) is 6.57. The normalized spacial score (nSPS) is 21.8. The summed E-state index contributed by atoms with van der Waals surface area (Å²) in [4.78, 5) is 4.49. The molecule has 204 valence electrons. The summed E-state index contributed by atoms with van der Waals surface area (Å²) < 4.78 is 15.5. The van der Waals surface area contributed by atoms with E-state index in [-0.39, 0.29) is 11.5 Å². The second kappa shape index (κ2) is 10.5. The fraction of sp³-hybridized carbons (Fsp3) is 0.367. The van der Waals surface area contributed by atoms with Crippen LogP contribution in [0.25, 0.3) is 10.9 Å². The van der Waals surface area contributed by atoms with Crippen LogP contribution in [0.5, 0.6) is 0 Å². The van der Waals surface area contributed by atoms with Gasteiger partial charge >= 0.3 is 0 Å². The minimum Gasteiger partial charge on any atom is -0.381 e. The summed E-state index contributed by atoms with van der Waals surface area (Å²) in [5.41, 5.74) is 9.57. The molecule has 2 fully saturated rings. The predicted octanol–water partition coefficient (Wildman–Crippen LogP) is 5.34. The van der Waals surface area contributed by atoms with Crippen LogP contribution in [0.1, 0.15) is 57.2 Å². The number of pyridine rings is 1. The SMILES string of the molecule is [2H][C@](Nc1cc(C#N)c2ncc(C#N)c(NC3CCOCC3(C)C)c2c1)(C1=CN(C2CC2)NN1)c1ccccc1Cl. The maximum atomic E-state index is 10.1. The Hall–Kier alpha value is -4.02. The van der Waals surface area contributed by atoms with Gasteiger partial charge in [0.2, 0.25) is 0 Å². The Labute approximate surface area is 240 Å². The molecule has 1 aromatic heterocycles. The number of benzene rings is 2. The highest BCUT2D eigenvalue weighted by molar-refractivity contribution is 6.31. The lowest BCUT2D eigenvalue weighted by atomic mass is 9.81. The molecular weight excluding hydrogens is 524 g/mol. The highest BCUT2D eigenvalue weighted by Crippen LogP contribution is 2.38. The van der Waals surface area contributed by atoms with E-state index in [4.69, 9.17) is 16.3 Å². The number of anilines is 2. The van der Waals surface area contributed by atoms with Gasteiger partial charge in [-0.05, 0) is 43.0 Å². The first kappa shape index (κ1) is 25.0. The Morgan fingerprint density at radius 2 is 2.00 bits per heavy atom. The average Bonchev–Trinajstić information content (AvgIpc) is 3.69. The zero-order chi connectivity index (χ0) is 28.8. The summed E-state index contributed by atoms with van der Waals surface area (Å²) in [5.74, 6) is 0. The molecular formula is C30H31ClN8O. The van der Waals surface area contributed by atoms with E-state index in [1.54, 1.807) is 12.1 Å². The third-order valence-corrected chi connectivity index (χ3v) is 8.04. The molecule has 0 bridgehead atoms. The summed E-state index contributed by atoms with van der Waals surface area (Å²) in [7, 11) is 0. The van der Waals surface area contributed by atoms with E-state index in [0.717, 1.165) is 19.3 Å². The highest BCUT2D eigenvalue weighted by atomic mass is 35.5. The molecule has 3 heterocycles. The Balaban J connectivity index is 1.48. The molecule has 2 atom stereocenters. The van der Waals surface area contributed by atoms with Crippen LogP contribution in [0, 0.1) is 28.1 Å². The number of hydrogen-bond donors (Lipinski definition) is 4. The van der Waals surface area contributed by atoms with Crippen molar-refractivity contribution in [1.29, 1.82) is 10.5 Å². The van der Waals surface area contributed by atoms with Gasteiger partial charge in [-0.1, -0.05) is 43.6 Å². The van der Waals surface area contributed by atoms with Crippen LogP contribution < -0.4 is 21.6 Å². The number of nitriles is 2. The molecule has 10 heteroatoms. The third kappa shape index (κ3) is 5.00. The molecule has 1 aliphatic carbocycles. The number of fused-ring (bicyclic) bond motifs is 1. The monoisotopic (exact) mass is 555 g/mol. The van der Waals surface area contributed by atoms with Crippen molar-refractivity contribution in [2.75, 3.05) is 23.8 Å². The largest absolute Gasteiger partial charge is 0.381 e. The summed E-state index contributed by atoms with van der Waals surface area (Å²) in [6, 6.07) is 14.2. The van der Waals surface area contributed by atoms with Gasteiger partial charge in [0.1, 0.15) is 12.1 Å². The van der Waals surface area contributed by atoms with Crippen molar-refractivity contribution in [3.05, 3.63) is 76.2 Å². The van der Waals surface area contributed by atoms with E-state index in [1.807, 2.05) is 35.5 Å². The number of rotatable bonds is 7. The fourth-order valence-electron chi connectivity index (χ4n) is 5.26. The molecule has 1 saturated heterocycles. The van der Waals surface area contributed by atoms with Crippen LogP contribution in [-0.4, -0.2) is 35.3 Å². The second-order valence-corrected chi connectivity index (χ2v) is 11.5. The summed E-state index contributed by atoms with van der Waals surface area (Å²) in [5, 5.41) is 30.1. The molecule has 3 aromatic rings. The predicted molar refractivity (Wildman–Crippen MR) is 155 cm³/mol. The topological polar surface area (TPSA) is 121 Å². The first-order valence-electron chi connectivity index (χ1n) is 13.9. The molecule has 1 saturated carbocycles. The third-order valence-electron chi connectivity index (χ3n) is 7.71. The lowest BCUT2D eigenvalue weighted by Gasteiger charge is -2.39. The van der Waals surface area contributed by atoms with Gasteiger partial charge in [0.05, 0.1) is 42.0 Å². The van der Waals surface area contributed by atoms with Crippen molar-refractivity contribution in [2.24, 2.45) is 5.41 Å². The lowest BCUT2D eigenvalue weighted by molar-refractivity contribution is 0.00350. The van der Waals surface area contributed by atoms with E-state index in [1.165, 1.54) is 6.20 Å². The number of hydrazine groups is 2. The molecule has 9 nitrogen and oxygen atoms in total. The van der Waals surface area contributed by atoms with Crippen molar-refractivity contribution >= 4 is 33.9 Å². The second-order valence-electron chi connectivity index (χ2n) is 11.1. The first-order chi connectivity index (χ1) is 19.7.